The van der Waals surface area contributed by atoms with Crippen LogP contribution in [-0.2, 0) is 0 Å². The summed E-state index contributed by atoms with van der Waals surface area (Å²) in [5, 5.41) is 6.15. The standard InChI is InChI=1S/C8H11N3O/c1-5(2)3-7(12)6-4-10-11-8(6)9/h4H,1,3H2,2H3,(H3,9,10,11). The molecule has 0 bridgehead atoms. The van der Waals surface area contributed by atoms with Crippen LogP contribution in [0.15, 0.2) is 18.3 Å². The molecule has 0 unspecified atom stereocenters. The summed E-state index contributed by atoms with van der Waals surface area (Å²) in [4.78, 5) is 11.3. The number of carbonyl (C=O) groups excluding carboxylic acids is 1. The molecule has 0 amide bonds. The first-order valence-corrected chi connectivity index (χ1v) is 3.57. The number of nitrogens with zero attached hydrogens (tertiary/aromatic N) is 1. The molecule has 0 saturated carbocycles. The van der Waals surface area contributed by atoms with Crippen LogP contribution in [0.2, 0.25) is 0 Å². The molecule has 1 aromatic rings. The Hall–Kier alpha value is -1.58. The summed E-state index contributed by atoms with van der Waals surface area (Å²) in [5.74, 6) is 0.273. The number of allylic oxidation sites excluding steroid dienone is 1. The second-order valence-corrected chi connectivity index (χ2v) is 2.75. The smallest absolute Gasteiger partial charge is 0.172 e. The van der Waals surface area contributed by atoms with Crippen molar-refractivity contribution < 1.29 is 4.79 Å². The van der Waals surface area contributed by atoms with Crippen molar-refractivity contribution in [2.45, 2.75) is 13.3 Å². The molecular formula is C8H11N3O. The lowest BCUT2D eigenvalue weighted by Gasteiger charge is -1.96. The van der Waals surface area contributed by atoms with Crippen LogP contribution in [0.1, 0.15) is 23.7 Å². The maximum absolute atomic E-state index is 11.3. The Bertz CT molecular complexity index is 314. The largest absolute Gasteiger partial charge is 0.383 e. The van der Waals surface area contributed by atoms with E-state index in [4.69, 9.17) is 5.73 Å². The zero-order chi connectivity index (χ0) is 9.14. The molecule has 0 fully saturated rings. The summed E-state index contributed by atoms with van der Waals surface area (Å²) in [6.07, 6.45) is 1.75. The van der Waals surface area contributed by atoms with E-state index < -0.39 is 0 Å². The van der Waals surface area contributed by atoms with Crippen LogP contribution in [0.3, 0.4) is 0 Å². The molecule has 3 N–H and O–H groups in total. The lowest BCUT2D eigenvalue weighted by atomic mass is 10.1. The average molecular weight is 165 g/mol. The molecular weight excluding hydrogens is 154 g/mol. The summed E-state index contributed by atoms with van der Waals surface area (Å²) in [7, 11) is 0. The van der Waals surface area contributed by atoms with Crippen molar-refractivity contribution >= 4 is 11.6 Å². The molecule has 4 heteroatoms. The number of ketones is 1. The minimum Gasteiger partial charge on any atom is -0.383 e. The molecule has 64 valence electrons. The van der Waals surface area contributed by atoms with Gasteiger partial charge in [-0.3, -0.25) is 9.89 Å². The van der Waals surface area contributed by atoms with Gasteiger partial charge in [0, 0.05) is 6.42 Å². The number of aromatic amines is 1. The molecule has 0 radical (unpaired) electrons. The number of rotatable bonds is 3. The van der Waals surface area contributed by atoms with Crippen molar-refractivity contribution in [2.75, 3.05) is 5.73 Å². The van der Waals surface area contributed by atoms with Gasteiger partial charge in [-0.25, -0.2) is 0 Å². The highest BCUT2D eigenvalue weighted by Gasteiger charge is 2.10. The number of Topliss-reactive ketones (excluding diaryl/α,β-unsaturated/α-hetero) is 1. The van der Waals surface area contributed by atoms with Crippen LogP contribution < -0.4 is 5.73 Å². The third-order valence-electron chi connectivity index (χ3n) is 1.43. The number of carbonyl (C=O) groups is 1. The molecule has 0 aromatic carbocycles. The Morgan fingerprint density at radius 2 is 2.50 bits per heavy atom. The van der Waals surface area contributed by atoms with Crippen LogP contribution in [0, 0.1) is 0 Å². The molecule has 1 rings (SSSR count). The second-order valence-electron chi connectivity index (χ2n) is 2.75. The van der Waals surface area contributed by atoms with Gasteiger partial charge in [-0.2, -0.15) is 5.10 Å². The van der Waals surface area contributed by atoms with E-state index >= 15 is 0 Å². The Morgan fingerprint density at radius 3 is 2.92 bits per heavy atom. The summed E-state index contributed by atoms with van der Waals surface area (Å²) in [6.45, 7) is 5.44. The van der Waals surface area contributed by atoms with Crippen molar-refractivity contribution in [3.63, 3.8) is 0 Å². The van der Waals surface area contributed by atoms with Crippen LogP contribution in [0.5, 0.6) is 0 Å². The number of hydrogen-bond donors (Lipinski definition) is 2. The summed E-state index contributed by atoms with van der Waals surface area (Å²) in [6, 6.07) is 0. The van der Waals surface area contributed by atoms with E-state index in [0.29, 0.717) is 17.8 Å². The lowest BCUT2D eigenvalue weighted by molar-refractivity contribution is 0.0994. The van der Waals surface area contributed by atoms with Crippen molar-refractivity contribution in [3.8, 4) is 0 Å². The fourth-order valence-corrected chi connectivity index (χ4v) is 0.888. The van der Waals surface area contributed by atoms with Gasteiger partial charge in [-0.1, -0.05) is 12.2 Å². The van der Waals surface area contributed by atoms with Gasteiger partial charge in [0.1, 0.15) is 5.82 Å². The highest BCUT2D eigenvalue weighted by atomic mass is 16.1. The van der Waals surface area contributed by atoms with Crippen molar-refractivity contribution in [2.24, 2.45) is 0 Å². The monoisotopic (exact) mass is 165 g/mol. The number of nitrogen functional groups attached to an aromatic ring is 1. The van der Waals surface area contributed by atoms with Gasteiger partial charge >= 0.3 is 0 Å². The van der Waals surface area contributed by atoms with E-state index in [1.165, 1.54) is 6.20 Å². The van der Waals surface area contributed by atoms with E-state index in [1.54, 1.807) is 6.92 Å². The number of hydrogen-bond acceptors (Lipinski definition) is 3. The number of H-pyrrole nitrogens is 1. The summed E-state index contributed by atoms with van der Waals surface area (Å²) < 4.78 is 0. The number of aromatic nitrogens is 2. The van der Waals surface area contributed by atoms with Crippen molar-refractivity contribution in [1.29, 1.82) is 0 Å². The number of anilines is 1. The summed E-state index contributed by atoms with van der Waals surface area (Å²) in [5.41, 5.74) is 6.71. The van der Waals surface area contributed by atoms with Gasteiger partial charge in [0.2, 0.25) is 0 Å². The van der Waals surface area contributed by atoms with E-state index in [9.17, 15) is 4.79 Å². The van der Waals surface area contributed by atoms with Gasteiger partial charge in [-0.15, -0.1) is 0 Å². The van der Waals surface area contributed by atoms with E-state index in [2.05, 4.69) is 16.8 Å². The molecule has 12 heavy (non-hydrogen) atoms. The topological polar surface area (TPSA) is 71.8 Å². The SMILES string of the molecule is C=C(C)CC(=O)c1cn[nH]c1N. The van der Waals surface area contributed by atoms with Crippen LogP contribution in [-0.4, -0.2) is 16.0 Å². The maximum atomic E-state index is 11.3. The maximum Gasteiger partial charge on any atom is 0.172 e. The van der Waals surface area contributed by atoms with Gasteiger partial charge in [0.05, 0.1) is 11.8 Å². The van der Waals surface area contributed by atoms with Crippen LogP contribution >= 0.6 is 0 Å². The molecule has 1 heterocycles. The fourth-order valence-electron chi connectivity index (χ4n) is 0.888. The van der Waals surface area contributed by atoms with Crippen molar-refractivity contribution in [1.82, 2.24) is 10.2 Å². The Morgan fingerprint density at radius 1 is 1.83 bits per heavy atom. The molecule has 0 atom stereocenters. The third-order valence-corrected chi connectivity index (χ3v) is 1.43. The van der Waals surface area contributed by atoms with E-state index in [1.807, 2.05) is 0 Å². The first-order chi connectivity index (χ1) is 5.61. The zero-order valence-electron chi connectivity index (χ0n) is 6.92. The second kappa shape index (κ2) is 3.21. The van der Waals surface area contributed by atoms with E-state index in [0.717, 1.165) is 5.57 Å². The van der Waals surface area contributed by atoms with Crippen LogP contribution in [0.25, 0.3) is 0 Å². The highest BCUT2D eigenvalue weighted by Crippen LogP contribution is 2.11. The van der Waals surface area contributed by atoms with Gasteiger partial charge < -0.3 is 5.73 Å². The molecule has 1 aromatic heterocycles. The minimum atomic E-state index is -0.0475. The normalized spacial score (nSPS) is 9.75. The number of nitrogens with two attached hydrogens (primary N) is 1. The molecule has 4 nitrogen and oxygen atoms in total. The third kappa shape index (κ3) is 1.72. The first kappa shape index (κ1) is 8.52. The minimum absolute atomic E-state index is 0.0475. The Kier molecular flexibility index (Phi) is 2.28. The average Bonchev–Trinajstić information content (AvgIpc) is 2.33. The van der Waals surface area contributed by atoms with Gasteiger partial charge in [-0.05, 0) is 6.92 Å². The Labute approximate surface area is 70.5 Å². The fraction of sp³-hybridized carbons (Fsp3) is 0.250. The molecule has 0 spiro atoms. The van der Waals surface area contributed by atoms with Crippen LogP contribution in [0.4, 0.5) is 5.82 Å². The van der Waals surface area contributed by atoms with E-state index in [-0.39, 0.29) is 5.78 Å². The quantitative estimate of drug-likeness (QED) is 0.521. The van der Waals surface area contributed by atoms with Gasteiger partial charge in [0.25, 0.3) is 0 Å². The number of nitrogens with one attached hydrogen (secondary N) is 1. The molecule has 0 saturated heterocycles. The predicted molar refractivity (Wildman–Crippen MR) is 46.8 cm³/mol. The Balaban J connectivity index is 2.78. The molecule has 0 aliphatic carbocycles. The molecule has 0 aliphatic rings. The predicted octanol–water partition coefficient (Wildman–Crippen LogP) is 1.14. The first-order valence-electron chi connectivity index (χ1n) is 3.57. The van der Waals surface area contributed by atoms with Gasteiger partial charge in [0.15, 0.2) is 5.78 Å². The zero-order valence-corrected chi connectivity index (χ0v) is 6.92. The molecule has 0 aliphatic heterocycles. The lowest BCUT2D eigenvalue weighted by Crippen LogP contribution is -2.01. The highest BCUT2D eigenvalue weighted by molar-refractivity contribution is 6.00. The summed E-state index contributed by atoms with van der Waals surface area (Å²) >= 11 is 0. The van der Waals surface area contributed by atoms with Crippen molar-refractivity contribution in [3.05, 3.63) is 23.9 Å².